The molecule has 8 heteroatoms. The second-order valence-corrected chi connectivity index (χ2v) is 6.39. The van der Waals surface area contributed by atoms with E-state index in [-0.39, 0.29) is 10.9 Å². The smallest absolute Gasteiger partial charge is 0.314 e. The first kappa shape index (κ1) is 14.7. The molecule has 1 aromatic rings. The highest BCUT2D eigenvalue weighted by Gasteiger charge is 2.25. The summed E-state index contributed by atoms with van der Waals surface area (Å²) in [4.78, 5) is 12.5. The molecule has 0 unspecified atom stereocenters. The lowest BCUT2D eigenvalue weighted by Crippen LogP contribution is -2.48. The molecule has 1 fully saturated rings. The number of amides is 2. The van der Waals surface area contributed by atoms with E-state index < -0.39 is 21.9 Å². The Labute approximate surface area is 116 Å². The van der Waals surface area contributed by atoms with Crippen LogP contribution in [-0.4, -0.2) is 38.5 Å². The number of nitrogens with zero attached hydrogens (tertiary/aromatic N) is 1. The molecular weight excluding hydrogens is 285 g/mol. The summed E-state index contributed by atoms with van der Waals surface area (Å²) in [6.45, 7) is 0.845. The quantitative estimate of drug-likeness (QED) is 0.858. The van der Waals surface area contributed by atoms with E-state index in [1.165, 1.54) is 17.0 Å². The Hall–Kier alpha value is -1.67. The van der Waals surface area contributed by atoms with Crippen LogP contribution in [0.1, 0.15) is 12.8 Å². The van der Waals surface area contributed by atoms with Crippen LogP contribution in [0.5, 0.6) is 0 Å². The molecule has 2 amide bonds. The van der Waals surface area contributed by atoms with Crippen LogP contribution < -0.4 is 10.5 Å². The van der Waals surface area contributed by atoms with Gasteiger partial charge < -0.3 is 10.6 Å². The van der Waals surface area contributed by atoms with Gasteiger partial charge in [0.15, 0.2) is 0 Å². The molecule has 1 heterocycles. The number of rotatable bonds is 3. The van der Waals surface area contributed by atoms with Gasteiger partial charge in [-0.2, -0.15) is 0 Å². The third-order valence-electron chi connectivity index (χ3n) is 3.25. The number of urea groups is 1. The van der Waals surface area contributed by atoms with E-state index in [0.717, 1.165) is 12.1 Å². The number of carbonyl (C=O) groups is 1. The molecule has 0 atom stereocenters. The second-order valence-electron chi connectivity index (χ2n) is 4.67. The predicted molar refractivity (Wildman–Crippen MR) is 70.9 cm³/mol. The minimum absolute atomic E-state index is 0.0243. The Morgan fingerprint density at radius 1 is 1.25 bits per heavy atom. The first-order valence-corrected chi connectivity index (χ1v) is 7.69. The van der Waals surface area contributed by atoms with Crippen molar-refractivity contribution in [1.29, 1.82) is 0 Å². The van der Waals surface area contributed by atoms with E-state index in [2.05, 4.69) is 4.72 Å². The maximum absolute atomic E-state index is 12.8. The van der Waals surface area contributed by atoms with Crippen molar-refractivity contribution in [2.45, 2.75) is 23.8 Å². The summed E-state index contributed by atoms with van der Waals surface area (Å²) >= 11 is 0. The summed E-state index contributed by atoms with van der Waals surface area (Å²) in [6.07, 6.45) is 1.01. The SMILES string of the molecule is NC(=O)N1CCC(NS(=O)(=O)c2ccc(F)cc2)CC1. The van der Waals surface area contributed by atoms with E-state index in [4.69, 9.17) is 5.73 Å². The molecule has 1 aliphatic rings. The topological polar surface area (TPSA) is 92.5 Å². The van der Waals surface area contributed by atoms with Crippen molar-refractivity contribution in [3.63, 3.8) is 0 Å². The number of nitrogens with one attached hydrogen (secondary N) is 1. The zero-order valence-corrected chi connectivity index (χ0v) is 11.6. The zero-order chi connectivity index (χ0) is 14.8. The van der Waals surface area contributed by atoms with Crippen molar-refractivity contribution in [1.82, 2.24) is 9.62 Å². The maximum atomic E-state index is 12.8. The number of halogens is 1. The van der Waals surface area contributed by atoms with Crippen molar-refractivity contribution in [3.8, 4) is 0 Å². The van der Waals surface area contributed by atoms with Crippen molar-refractivity contribution >= 4 is 16.1 Å². The van der Waals surface area contributed by atoms with Gasteiger partial charge in [0, 0.05) is 19.1 Å². The van der Waals surface area contributed by atoms with Gasteiger partial charge in [-0.25, -0.2) is 22.3 Å². The minimum Gasteiger partial charge on any atom is -0.351 e. The van der Waals surface area contributed by atoms with Crippen LogP contribution in [0.25, 0.3) is 0 Å². The van der Waals surface area contributed by atoms with Gasteiger partial charge >= 0.3 is 6.03 Å². The molecule has 0 saturated carbocycles. The first-order chi connectivity index (χ1) is 9.38. The van der Waals surface area contributed by atoms with E-state index >= 15 is 0 Å². The Morgan fingerprint density at radius 3 is 2.30 bits per heavy atom. The number of sulfonamides is 1. The van der Waals surface area contributed by atoms with Gasteiger partial charge in [-0.15, -0.1) is 0 Å². The molecule has 0 aliphatic carbocycles. The second kappa shape index (κ2) is 5.76. The van der Waals surface area contributed by atoms with Crippen LogP contribution in [0.4, 0.5) is 9.18 Å². The van der Waals surface area contributed by atoms with E-state index in [1.54, 1.807) is 0 Å². The molecular formula is C12H16FN3O3S. The largest absolute Gasteiger partial charge is 0.351 e. The standard InChI is InChI=1S/C12H16FN3O3S/c13-9-1-3-11(4-2-9)20(18,19)15-10-5-7-16(8-6-10)12(14)17/h1-4,10,15H,5-8H2,(H2,14,17). The molecule has 20 heavy (non-hydrogen) atoms. The van der Waals surface area contributed by atoms with Crippen LogP contribution in [-0.2, 0) is 10.0 Å². The van der Waals surface area contributed by atoms with E-state index in [9.17, 15) is 17.6 Å². The van der Waals surface area contributed by atoms with Crippen LogP contribution >= 0.6 is 0 Å². The molecule has 0 aromatic heterocycles. The number of piperidine rings is 1. The Bertz CT molecular complexity index is 580. The van der Waals surface area contributed by atoms with Crippen LogP contribution in [0.3, 0.4) is 0 Å². The minimum atomic E-state index is -3.67. The van der Waals surface area contributed by atoms with Gasteiger partial charge in [0.2, 0.25) is 10.0 Å². The normalized spacial score (nSPS) is 17.1. The molecule has 3 N–H and O–H groups in total. The summed E-state index contributed by atoms with van der Waals surface area (Å²) < 4.78 is 39.5. The molecule has 2 rings (SSSR count). The highest BCUT2D eigenvalue weighted by molar-refractivity contribution is 7.89. The van der Waals surface area contributed by atoms with E-state index in [0.29, 0.717) is 25.9 Å². The summed E-state index contributed by atoms with van der Waals surface area (Å²) in [6, 6.07) is 3.89. The van der Waals surface area contributed by atoms with Crippen molar-refractivity contribution in [3.05, 3.63) is 30.1 Å². The highest BCUT2D eigenvalue weighted by Crippen LogP contribution is 2.15. The van der Waals surface area contributed by atoms with Crippen molar-refractivity contribution < 1.29 is 17.6 Å². The molecule has 110 valence electrons. The fourth-order valence-electron chi connectivity index (χ4n) is 2.12. The van der Waals surface area contributed by atoms with Crippen molar-refractivity contribution in [2.24, 2.45) is 5.73 Å². The lowest BCUT2D eigenvalue weighted by atomic mass is 10.1. The summed E-state index contributed by atoms with van der Waals surface area (Å²) in [7, 11) is -3.67. The Morgan fingerprint density at radius 2 is 1.80 bits per heavy atom. The zero-order valence-electron chi connectivity index (χ0n) is 10.8. The average molecular weight is 301 g/mol. The van der Waals surface area contributed by atoms with Gasteiger partial charge in [0.05, 0.1) is 4.90 Å². The molecule has 0 radical (unpaired) electrons. The molecule has 0 bridgehead atoms. The number of hydrogen-bond donors (Lipinski definition) is 2. The number of benzene rings is 1. The van der Waals surface area contributed by atoms with Gasteiger partial charge in [-0.3, -0.25) is 0 Å². The first-order valence-electron chi connectivity index (χ1n) is 6.21. The summed E-state index contributed by atoms with van der Waals surface area (Å²) in [5.41, 5.74) is 5.16. The molecule has 1 aliphatic heterocycles. The predicted octanol–water partition coefficient (Wildman–Crippen LogP) is 0.647. The van der Waals surface area contributed by atoms with Crippen LogP contribution in [0.2, 0.25) is 0 Å². The Kier molecular flexibility index (Phi) is 4.24. The van der Waals surface area contributed by atoms with Crippen LogP contribution in [0.15, 0.2) is 29.2 Å². The lowest BCUT2D eigenvalue weighted by molar-refractivity contribution is 0.189. The number of nitrogens with two attached hydrogens (primary N) is 1. The number of hydrogen-bond acceptors (Lipinski definition) is 3. The maximum Gasteiger partial charge on any atom is 0.314 e. The van der Waals surface area contributed by atoms with Gasteiger partial charge in [0.1, 0.15) is 5.82 Å². The monoisotopic (exact) mass is 301 g/mol. The Balaban J connectivity index is 2.00. The number of primary amides is 1. The fourth-order valence-corrected chi connectivity index (χ4v) is 3.42. The third-order valence-corrected chi connectivity index (χ3v) is 4.79. The molecule has 6 nitrogen and oxygen atoms in total. The number of likely N-dealkylation sites (tertiary alicyclic amines) is 1. The molecule has 0 spiro atoms. The molecule has 1 saturated heterocycles. The average Bonchev–Trinajstić information content (AvgIpc) is 2.39. The van der Waals surface area contributed by atoms with Gasteiger partial charge in [-0.1, -0.05) is 0 Å². The molecule has 1 aromatic carbocycles. The van der Waals surface area contributed by atoms with Crippen molar-refractivity contribution in [2.75, 3.05) is 13.1 Å². The number of carbonyl (C=O) groups excluding carboxylic acids is 1. The van der Waals surface area contributed by atoms with Gasteiger partial charge in [0.25, 0.3) is 0 Å². The van der Waals surface area contributed by atoms with Crippen LogP contribution in [0, 0.1) is 5.82 Å². The summed E-state index contributed by atoms with van der Waals surface area (Å²) in [5, 5.41) is 0. The van der Waals surface area contributed by atoms with E-state index in [1.807, 2.05) is 0 Å². The third kappa shape index (κ3) is 3.45. The fraction of sp³-hybridized carbons (Fsp3) is 0.417. The highest BCUT2D eigenvalue weighted by atomic mass is 32.2. The lowest BCUT2D eigenvalue weighted by Gasteiger charge is -2.30. The summed E-state index contributed by atoms with van der Waals surface area (Å²) in [5.74, 6) is -0.487. The van der Waals surface area contributed by atoms with Gasteiger partial charge in [-0.05, 0) is 37.1 Å².